The molecule has 1 aromatic heterocycles. The van der Waals surface area contributed by atoms with Crippen LogP contribution in [0.5, 0.6) is 5.75 Å². The molecule has 0 aliphatic carbocycles. The normalized spacial score (nSPS) is 10.7. The van der Waals surface area contributed by atoms with Gasteiger partial charge in [0, 0.05) is 11.6 Å². The zero-order valence-electron chi connectivity index (χ0n) is 9.91. The number of carbonyl (C=O) groups excluding carboxylic acids is 1. The van der Waals surface area contributed by atoms with Crippen molar-refractivity contribution in [3.8, 4) is 5.75 Å². The van der Waals surface area contributed by atoms with E-state index in [1.807, 2.05) is 0 Å². The molecule has 7 heteroatoms. The molecule has 100 valence electrons. The lowest BCUT2D eigenvalue weighted by molar-refractivity contribution is 0.0523. The number of nitrogen functional groups attached to an aromatic ring is 1. The number of hydrogen-bond donors (Lipinski definition) is 2. The zero-order valence-corrected chi connectivity index (χ0v) is 10.7. The van der Waals surface area contributed by atoms with Gasteiger partial charge in [-0.25, -0.2) is 9.18 Å². The molecule has 0 unspecified atom stereocenters. The second kappa shape index (κ2) is 4.89. The molecule has 0 saturated carbocycles. The number of benzene rings is 1. The Labute approximate surface area is 112 Å². The lowest BCUT2D eigenvalue weighted by Crippen LogP contribution is -2.06. The van der Waals surface area contributed by atoms with Crippen LogP contribution in [0.3, 0.4) is 0 Å². The van der Waals surface area contributed by atoms with Crippen LogP contribution in [0.25, 0.3) is 10.9 Å². The SMILES string of the molecule is CCOC(=O)c1cnc2c(N)c(Cl)c(F)cc2c1O. The highest BCUT2D eigenvalue weighted by Gasteiger charge is 2.19. The first-order valence-electron chi connectivity index (χ1n) is 5.39. The van der Waals surface area contributed by atoms with Crippen LogP contribution in [0, 0.1) is 5.82 Å². The number of nitrogens with two attached hydrogens (primary N) is 1. The molecule has 0 atom stereocenters. The lowest BCUT2D eigenvalue weighted by Gasteiger charge is -2.09. The Morgan fingerprint density at radius 2 is 2.32 bits per heavy atom. The molecule has 1 aromatic carbocycles. The standard InChI is InChI=1S/C12H10ClFN2O3/c1-2-19-12(18)6-4-16-10-5(11(6)17)3-7(14)8(13)9(10)15/h3-4H,2,15H2,1H3,(H,16,17). The number of fused-ring (bicyclic) bond motifs is 1. The van der Waals surface area contributed by atoms with Gasteiger partial charge in [-0.1, -0.05) is 11.6 Å². The number of carbonyl (C=O) groups is 1. The first-order chi connectivity index (χ1) is 8.97. The van der Waals surface area contributed by atoms with Gasteiger partial charge >= 0.3 is 5.97 Å². The predicted octanol–water partition coefficient (Wildman–Crippen LogP) is 2.49. The van der Waals surface area contributed by atoms with E-state index < -0.39 is 17.5 Å². The second-order valence-corrected chi connectivity index (χ2v) is 4.10. The Kier molecular flexibility index (Phi) is 3.44. The van der Waals surface area contributed by atoms with Crippen LogP contribution in [0.4, 0.5) is 10.1 Å². The summed E-state index contributed by atoms with van der Waals surface area (Å²) in [5.74, 6) is -1.99. The summed E-state index contributed by atoms with van der Waals surface area (Å²) in [5, 5.41) is 9.71. The number of esters is 1. The number of aromatic hydroxyl groups is 1. The van der Waals surface area contributed by atoms with Gasteiger partial charge in [0.1, 0.15) is 22.2 Å². The van der Waals surface area contributed by atoms with Gasteiger partial charge in [-0.2, -0.15) is 0 Å². The van der Waals surface area contributed by atoms with Crippen molar-refractivity contribution in [1.29, 1.82) is 0 Å². The van der Waals surface area contributed by atoms with E-state index >= 15 is 0 Å². The maximum Gasteiger partial charge on any atom is 0.343 e. The summed E-state index contributed by atoms with van der Waals surface area (Å²) in [6.07, 6.45) is 1.11. The van der Waals surface area contributed by atoms with Crippen LogP contribution in [0.1, 0.15) is 17.3 Å². The van der Waals surface area contributed by atoms with Gasteiger partial charge in [0.25, 0.3) is 0 Å². The van der Waals surface area contributed by atoms with E-state index in [0.29, 0.717) is 0 Å². The third-order valence-electron chi connectivity index (χ3n) is 2.56. The van der Waals surface area contributed by atoms with Crippen LogP contribution >= 0.6 is 11.6 Å². The van der Waals surface area contributed by atoms with Crippen molar-refractivity contribution in [2.75, 3.05) is 12.3 Å². The Bertz CT molecular complexity index is 676. The Morgan fingerprint density at radius 3 is 2.95 bits per heavy atom. The Hall–Kier alpha value is -2.08. The molecule has 0 saturated heterocycles. The molecule has 2 aromatic rings. The molecule has 0 radical (unpaired) electrons. The number of ether oxygens (including phenoxy) is 1. The maximum atomic E-state index is 13.5. The van der Waals surface area contributed by atoms with Crippen LogP contribution in [-0.4, -0.2) is 22.7 Å². The highest BCUT2D eigenvalue weighted by atomic mass is 35.5. The first kappa shape index (κ1) is 13.4. The van der Waals surface area contributed by atoms with Crippen molar-refractivity contribution in [1.82, 2.24) is 4.98 Å². The first-order valence-corrected chi connectivity index (χ1v) is 5.77. The van der Waals surface area contributed by atoms with Crippen molar-refractivity contribution in [2.24, 2.45) is 0 Å². The van der Waals surface area contributed by atoms with Crippen molar-refractivity contribution in [3.05, 3.63) is 28.7 Å². The van der Waals surface area contributed by atoms with Crippen LogP contribution in [0.15, 0.2) is 12.3 Å². The molecule has 0 spiro atoms. The average molecular weight is 285 g/mol. The van der Waals surface area contributed by atoms with Gasteiger partial charge in [-0.15, -0.1) is 0 Å². The van der Waals surface area contributed by atoms with Crippen molar-refractivity contribution < 1.29 is 19.0 Å². The third kappa shape index (κ3) is 2.15. The molecule has 19 heavy (non-hydrogen) atoms. The summed E-state index contributed by atoms with van der Waals surface area (Å²) in [5.41, 5.74) is 5.48. The summed E-state index contributed by atoms with van der Waals surface area (Å²) < 4.78 is 18.3. The molecule has 0 fully saturated rings. The number of anilines is 1. The molecule has 0 aliphatic rings. The number of pyridine rings is 1. The van der Waals surface area contributed by atoms with Gasteiger partial charge in [-0.3, -0.25) is 4.98 Å². The van der Waals surface area contributed by atoms with E-state index in [2.05, 4.69) is 4.98 Å². The number of rotatable bonds is 2. The molecule has 2 rings (SSSR count). The summed E-state index contributed by atoms with van der Waals surface area (Å²) >= 11 is 5.65. The van der Waals surface area contributed by atoms with Gasteiger partial charge in [0.05, 0.1) is 17.8 Å². The minimum absolute atomic E-state index is 0.00459. The van der Waals surface area contributed by atoms with E-state index in [0.717, 1.165) is 12.3 Å². The molecule has 0 amide bonds. The second-order valence-electron chi connectivity index (χ2n) is 3.72. The summed E-state index contributed by atoms with van der Waals surface area (Å²) in [4.78, 5) is 15.5. The van der Waals surface area contributed by atoms with E-state index in [9.17, 15) is 14.3 Å². The Balaban J connectivity index is 2.72. The highest BCUT2D eigenvalue weighted by Crippen LogP contribution is 2.35. The smallest absolute Gasteiger partial charge is 0.343 e. The summed E-state index contributed by atoms with van der Waals surface area (Å²) in [7, 11) is 0. The fourth-order valence-electron chi connectivity index (χ4n) is 1.65. The summed E-state index contributed by atoms with van der Waals surface area (Å²) in [6, 6.07) is 0.971. The molecule has 1 heterocycles. The average Bonchev–Trinajstić information content (AvgIpc) is 2.38. The number of hydrogen-bond acceptors (Lipinski definition) is 5. The Morgan fingerprint density at radius 1 is 1.63 bits per heavy atom. The van der Waals surface area contributed by atoms with E-state index in [-0.39, 0.29) is 33.8 Å². The molecule has 0 bridgehead atoms. The van der Waals surface area contributed by atoms with Crippen LogP contribution < -0.4 is 5.73 Å². The molecule has 5 nitrogen and oxygen atoms in total. The molecule has 3 N–H and O–H groups in total. The van der Waals surface area contributed by atoms with Crippen molar-refractivity contribution in [2.45, 2.75) is 6.92 Å². The third-order valence-corrected chi connectivity index (χ3v) is 2.94. The van der Waals surface area contributed by atoms with E-state index in [1.54, 1.807) is 6.92 Å². The minimum atomic E-state index is -0.801. The van der Waals surface area contributed by atoms with Crippen molar-refractivity contribution in [3.63, 3.8) is 0 Å². The summed E-state index contributed by atoms with van der Waals surface area (Å²) in [6.45, 7) is 1.77. The number of halogens is 2. The number of aromatic nitrogens is 1. The quantitative estimate of drug-likeness (QED) is 0.654. The highest BCUT2D eigenvalue weighted by molar-refractivity contribution is 6.34. The maximum absolute atomic E-state index is 13.5. The van der Waals surface area contributed by atoms with Gasteiger partial charge < -0.3 is 15.6 Å². The van der Waals surface area contributed by atoms with Gasteiger partial charge in [-0.05, 0) is 13.0 Å². The fraction of sp³-hybridized carbons (Fsp3) is 0.167. The fourth-order valence-corrected chi connectivity index (χ4v) is 1.79. The topological polar surface area (TPSA) is 85.4 Å². The van der Waals surface area contributed by atoms with Crippen molar-refractivity contribution >= 4 is 34.2 Å². The monoisotopic (exact) mass is 284 g/mol. The largest absolute Gasteiger partial charge is 0.506 e. The van der Waals surface area contributed by atoms with Gasteiger partial charge in [0.15, 0.2) is 0 Å². The molecular formula is C12H10ClFN2O3. The zero-order chi connectivity index (χ0) is 14.2. The molecule has 0 aliphatic heterocycles. The van der Waals surface area contributed by atoms with E-state index in [1.165, 1.54) is 0 Å². The predicted molar refractivity (Wildman–Crippen MR) is 68.7 cm³/mol. The minimum Gasteiger partial charge on any atom is -0.506 e. The van der Waals surface area contributed by atoms with Gasteiger partial charge in [0.2, 0.25) is 0 Å². The van der Waals surface area contributed by atoms with Crippen LogP contribution in [-0.2, 0) is 4.74 Å². The van der Waals surface area contributed by atoms with Crippen LogP contribution in [0.2, 0.25) is 5.02 Å². The lowest BCUT2D eigenvalue weighted by atomic mass is 10.1. The van der Waals surface area contributed by atoms with E-state index in [4.69, 9.17) is 22.1 Å². The molecular weight excluding hydrogens is 275 g/mol. The number of nitrogens with zero attached hydrogens (tertiary/aromatic N) is 1.